The first-order valence-corrected chi connectivity index (χ1v) is 11.0. The van der Waals surface area contributed by atoms with Crippen molar-refractivity contribution in [1.82, 2.24) is 19.5 Å². The van der Waals surface area contributed by atoms with Crippen LogP contribution in [0.3, 0.4) is 0 Å². The highest BCUT2D eigenvalue weighted by Crippen LogP contribution is 2.20. The lowest BCUT2D eigenvalue weighted by Crippen LogP contribution is -2.10. The fourth-order valence-corrected chi connectivity index (χ4v) is 4.23. The largest absolute Gasteiger partial charge is 0.384 e. The van der Waals surface area contributed by atoms with Gasteiger partial charge >= 0.3 is 0 Å². The summed E-state index contributed by atoms with van der Waals surface area (Å²) in [7, 11) is 0. The third kappa shape index (κ3) is 4.12. The second-order valence-electron chi connectivity index (χ2n) is 8.09. The molecule has 0 unspecified atom stereocenters. The van der Waals surface area contributed by atoms with Gasteiger partial charge in [-0.15, -0.1) is 0 Å². The van der Waals surface area contributed by atoms with Crippen LogP contribution in [0.1, 0.15) is 29.2 Å². The summed E-state index contributed by atoms with van der Waals surface area (Å²) in [6, 6.07) is 24.6. The monoisotopic (exact) mass is 422 g/mol. The summed E-state index contributed by atoms with van der Waals surface area (Å²) in [5.74, 6) is 2.07. The number of nitrogens with one attached hydrogen (secondary N) is 2. The van der Waals surface area contributed by atoms with Crippen molar-refractivity contribution < 1.29 is 0 Å². The van der Waals surface area contributed by atoms with E-state index in [0.29, 0.717) is 5.56 Å². The second-order valence-corrected chi connectivity index (χ2v) is 8.09. The lowest BCUT2D eigenvalue weighted by Gasteiger charge is -2.09. The maximum atomic E-state index is 7.63. The highest BCUT2D eigenvalue weighted by Gasteiger charge is 2.12. The summed E-state index contributed by atoms with van der Waals surface area (Å²) in [4.78, 5) is 13.0. The normalized spacial score (nSPS) is 11.4. The van der Waals surface area contributed by atoms with Crippen molar-refractivity contribution in [3.63, 3.8) is 0 Å². The van der Waals surface area contributed by atoms with Gasteiger partial charge in [0, 0.05) is 24.9 Å². The molecule has 32 heavy (non-hydrogen) atoms. The van der Waals surface area contributed by atoms with Crippen LogP contribution in [0.15, 0.2) is 72.8 Å². The molecule has 0 aliphatic carbocycles. The van der Waals surface area contributed by atoms with Gasteiger partial charge in [-0.05, 0) is 48.7 Å². The number of H-pyrrole nitrogens is 1. The predicted molar refractivity (Wildman–Crippen MR) is 129 cm³/mol. The van der Waals surface area contributed by atoms with E-state index >= 15 is 0 Å². The molecule has 0 aliphatic rings. The molecule has 2 heterocycles. The zero-order valence-corrected chi connectivity index (χ0v) is 17.9. The van der Waals surface area contributed by atoms with Crippen molar-refractivity contribution in [2.24, 2.45) is 5.73 Å². The number of benzene rings is 3. The highest BCUT2D eigenvalue weighted by atomic mass is 15.1. The molecule has 0 radical (unpaired) electrons. The van der Waals surface area contributed by atoms with E-state index in [1.54, 1.807) is 0 Å². The summed E-state index contributed by atoms with van der Waals surface area (Å²) >= 11 is 0. The molecular formula is C26H26N6. The average Bonchev–Trinajstić information content (AvgIpc) is 3.38. The van der Waals surface area contributed by atoms with E-state index in [0.717, 1.165) is 60.4 Å². The number of hydrogen-bond acceptors (Lipinski definition) is 3. The molecule has 0 spiro atoms. The van der Waals surface area contributed by atoms with E-state index < -0.39 is 0 Å². The summed E-state index contributed by atoms with van der Waals surface area (Å²) in [5.41, 5.74) is 11.7. The summed E-state index contributed by atoms with van der Waals surface area (Å²) in [5, 5.41) is 7.63. The number of para-hydroxylation sites is 2. The average molecular weight is 423 g/mol. The van der Waals surface area contributed by atoms with Crippen molar-refractivity contribution in [3.8, 4) is 0 Å². The fourth-order valence-electron chi connectivity index (χ4n) is 4.23. The van der Waals surface area contributed by atoms with Gasteiger partial charge in [-0.25, -0.2) is 9.97 Å². The molecule has 2 aromatic heterocycles. The van der Waals surface area contributed by atoms with E-state index in [-0.39, 0.29) is 5.84 Å². The Kier molecular flexibility index (Phi) is 5.42. The molecule has 0 bridgehead atoms. The highest BCUT2D eigenvalue weighted by molar-refractivity contribution is 5.97. The van der Waals surface area contributed by atoms with Gasteiger partial charge in [0.25, 0.3) is 0 Å². The first kappa shape index (κ1) is 20.0. The molecule has 0 aliphatic heterocycles. The van der Waals surface area contributed by atoms with Crippen molar-refractivity contribution >= 4 is 27.9 Å². The van der Waals surface area contributed by atoms with Crippen LogP contribution in [0.5, 0.6) is 0 Å². The third-order valence-electron chi connectivity index (χ3n) is 5.85. The number of imidazole rings is 2. The lowest BCUT2D eigenvalue weighted by molar-refractivity contribution is 0.619. The van der Waals surface area contributed by atoms with Gasteiger partial charge in [0.1, 0.15) is 17.5 Å². The number of nitrogens with zero attached hydrogens (tertiary/aromatic N) is 3. The predicted octanol–water partition coefficient (Wildman–Crippen LogP) is 4.61. The van der Waals surface area contributed by atoms with E-state index in [9.17, 15) is 0 Å². The van der Waals surface area contributed by atoms with Crippen LogP contribution in [-0.2, 0) is 25.8 Å². The van der Waals surface area contributed by atoms with Gasteiger partial charge in [0.05, 0.1) is 22.1 Å². The Morgan fingerprint density at radius 1 is 0.875 bits per heavy atom. The third-order valence-corrected chi connectivity index (χ3v) is 5.85. The van der Waals surface area contributed by atoms with Crippen molar-refractivity contribution in [3.05, 3.63) is 95.6 Å². The van der Waals surface area contributed by atoms with Crippen molar-refractivity contribution in [2.75, 3.05) is 0 Å². The number of aromatic amines is 1. The Labute approximate surface area is 186 Å². The second kappa shape index (κ2) is 8.67. The van der Waals surface area contributed by atoms with Crippen LogP contribution in [0.25, 0.3) is 22.1 Å². The molecule has 160 valence electrons. The molecule has 0 atom stereocenters. The maximum absolute atomic E-state index is 7.63. The molecule has 3 aromatic carbocycles. The fraction of sp³-hybridized carbons (Fsp3) is 0.192. The Hall–Kier alpha value is -3.93. The number of hydrogen-bond donors (Lipinski definition) is 3. The zero-order valence-electron chi connectivity index (χ0n) is 17.9. The summed E-state index contributed by atoms with van der Waals surface area (Å²) in [6.45, 7) is 0.937. The Morgan fingerprint density at radius 3 is 2.53 bits per heavy atom. The smallest absolute Gasteiger partial charge is 0.122 e. The summed E-state index contributed by atoms with van der Waals surface area (Å²) in [6.07, 6.45) is 3.69. The van der Waals surface area contributed by atoms with Gasteiger partial charge < -0.3 is 15.3 Å². The summed E-state index contributed by atoms with van der Waals surface area (Å²) < 4.78 is 2.36. The van der Waals surface area contributed by atoms with E-state index in [2.05, 4.69) is 58.1 Å². The molecule has 6 heteroatoms. The van der Waals surface area contributed by atoms with Crippen LogP contribution in [-0.4, -0.2) is 25.4 Å². The zero-order chi connectivity index (χ0) is 21.9. The van der Waals surface area contributed by atoms with E-state index in [4.69, 9.17) is 21.1 Å². The first-order valence-electron chi connectivity index (χ1n) is 11.0. The molecule has 0 saturated carbocycles. The van der Waals surface area contributed by atoms with Crippen LogP contribution >= 0.6 is 0 Å². The number of amidine groups is 1. The number of aromatic nitrogens is 4. The van der Waals surface area contributed by atoms with E-state index in [1.807, 2.05) is 24.3 Å². The quantitative estimate of drug-likeness (QED) is 0.252. The van der Waals surface area contributed by atoms with Gasteiger partial charge in [0.15, 0.2) is 0 Å². The van der Waals surface area contributed by atoms with Crippen molar-refractivity contribution in [1.29, 1.82) is 5.41 Å². The van der Waals surface area contributed by atoms with Crippen LogP contribution in [0.2, 0.25) is 0 Å². The van der Waals surface area contributed by atoms with Gasteiger partial charge in [-0.3, -0.25) is 5.41 Å². The minimum absolute atomic E-state index is 0.0623. The van der Waals surface area contributed by atoms with Crippen molar-refractivity contribution in [2.45, 2.75) is 32.2 Å². The number of nitrogens with two attached hydrogens (primary N) is 1. The lowest BCUT2D eigenvalue weighted by atomic mass is 10.1. The van der Waals surface area contributed by atoms with E-state index in [1.165, 1.54) is 11.1 Å². The van der Waals surface area contributed by atoms with Crippen LogP contribution in [0, 0.1) is 5.41 Å². The molecule has 4 N–H and O–H groups in total. The Balaban J connectivity index is 1.35. The molecule has 0 fully saturated rings. The van der Waals surface area contributed by atoms with Crippen LogP contribution < -0.4 is 5.73 Å². The minimum atomic E-state index is 0.0623. The number of fused-ring (bicyclic) bond motifs is 2. The van der Waals surface area contributed by atoms with Gasteiger partial charge in [-0.1, -0.05) is 42.5 Å². The van der Waals surface area contributed by atoms with Gasteiger partial charge in [0.2, 0.25) is 0 Å². The Bertz CT molecular complexity index is 1380. The minimum Gasteiger partial charge on any atom is -0.384 e. The number of rotatable bonds is 8. The topological polar surface area (TPSA) is 96.4 Å². The number of aryl methyl sites for hydroxylation is 4. The maximum Gasteiger partial charge on any atom is 0.122 e. The number of nitrogen functional groups attached to an aromatic ring is 1. The van der Waals surface area contributed by atoms with Gasteiger partial charge in [-0.2, -0.15) is 0 Å². The first-order chi connectivity index (χ1) is 15.7. The molecule has 0 amide bonds. The standard InChI is InChI=1S/C26H26N6/c27-26(28)19-12-13-20-22(17-19)30-24(29-20)14-15-25-31-21-10-4-5-11-23(21)32(25)16-6-9-18-7-2-1-3-8-18/h1-5,7-8,10-13,17H,6,9,14-16H2,(H3,27,28)(H,29,30). The molecule has 5 rings (SSSR count). The molecular weight excluding hydrogens is 396 g/mol. The molecule has 5 aromatic rings. The SMILES string of the molecule is N=C(N)c1ccc2nc(CCc3nc4ccccc4n3CCCc3ccccc3)[nH]c2c1. The van der Waals surface area contributed by atoms with Crippen LogP contribution in [0.4, 0.5) is 0 Å². The Morgan fingerprint density at radius 2 is 1.69 bits per heavy atom. The molecule has 0 saturated heterocycles. The molecule has 6 nitrogen and oxygen atoms in total.